The summed E-state index contributed by atoms with van der Waals surface area (Å²) in [5, 5.41) is 3.65. The van der Waals surface area contributed by atoms with Crippen LogP contribution in [-0.4, -0.2) is 63.2 Å². The lowest BCUT2D eigenvalue weighted by Gasteiger charge is -2.32. The van der Waals surface area contributed by atoms with E-state index in [-0.39, 0.29) is 43.8 Å². The molecule has 11 heteroatoms. The van der Waals surface area contributed by atoms with Crippen molar-refractivity contribution in [2.75, 3.05) is 30.3 Å². The molecule has 9 nitrogen and oxygen atoms in total. The minimum absolute atomic E-state index is 0.0637. The Morgan fingerprint density at radius 2 is 1.77 bits per heavy atom. The Balaban J connectivity index is 1.49. The first-order valence-corrected chi connectivity index (χ1v) is 16.1. The maximum Gasteiger partial charge on any atom is 0.243 e. The van der Waals surface area contributed by atoms with Crippen molar-refractivity contribution in [2.45, 2.75) is 70.5 Å². The number of amides is 2. The number of benzene rings is 2. The molecule has 1 heterocycles. The molecule has 2 aromatic rings. The summed E-state index contributed by atoms with van der Waals surface area (Å²) < 4.78 is 37.8. The first-order valence-electron chi connectivity index (χ1n) is 13.9. The van der Waals surface area contributed by atoms with Gasteiger partial charge < -0.3 is 19.7 Å². The summed E-state index contributed by atoms with van der Waals surface area (Å²) in [6.45, 7) is 2.99. The number of sulfonamides is 1. The third kappa shape index (κ3) is 7.60. The minimum Gasteiger partial charge on any atom is -0.486 e. The molecule has 1 N–H and O–H groups in total. The fourth-order valence-electron chi connectivity index (χ4n) is 5.29. The van der Waals surface area contributed by atoms with E-state index >= 15 is 0 Å². The molecular formula is C29H38ClN3O6S. The van der Waals surface area contributed by atoms with E-state index in [0.29, 0.717) is 41.8 Å². The van der Waals surface area contributed by atoms with Crippen molar-refractivity contribution < 1.29 is 27.5 Å². The third-order valence-electron chi connectivity index (χ3n) is 7.35. The Labute approximate surface area is 241 Å². The lowest BCUT2D eigenvalue weighted by Crippen LogP contribution is -2.51. The lowest BCUT2D eigenvalue weighted by molar-refractivity contribution is -0.141. The van der Waals surface area contributed by atoms with Gasteiger partial charge in [-0.05, 0) is 49.4 Å². The Morgan fingerprint density at radius 3 is 2.45 bits per heavy atom. The van der Waals surface area contributed by atoms with Crippen molar-refractivity contribution >= 4 is 39.1 Å². The van der Waals surface area contributed by atoms with E-state index in [9.17, 15) is 18.0 Å². The predicted molar refractivity (Wildman–Crippen MR) is 155 cm³/mol. The molecule has 40 heavy (non-hydrogen) atoms. The summed E-state index contributed by atoms with van der Waals surface area (Å²) in [5.41, 5.74) is 1.19. The van der Waals surface area contributed by atoms with Gasteiger partial charge in [-0.1, -0.05) is 49.6 Å². The largest absolute Gasteiger partial charge is 0.486 e. The second-order valence-corrected chi connectivity index (χ2v) is 12.6. The van der Waals surface area contributed by atoms with Gasteiger partial charge in [0.05, 0.1) is 11.9 Å². The van der Waals surface area contributed by atoms with Gasteiger partial charge in [-0.25, -0.2) is 8.42 Å². The quantitative estimate of drug-likeness (QED) is 0.389. The molecule has 0 radical (unpaired) electrons. The van der Waals surface area contributed by atoms with Crippen LogP contribution in [0.3, 0.4) is 0 Å². The van der Waals surface area contributed by atoms with Gasteiger partial charge in [0, 0.05) is 36.6 Å². The molecule has 2 amide bonds. The van der Waals surface area contributed by atoms with Crippen molar-refractivity contribution in [2.24, 2.45) is 0 Å². The number of rotatable bonds is 12. The van der Waals surface area contributed by atoms with Crippen LogP contribution in [0.5, 0.6) is 11.5 Å². The SMILES string of the molecule is CC[C@@H](C(=O)NC1CCCC1)N(Cc1ccccc1Cl)C(=O)CCCN(c1ccc2c(c1)OCCO2)S(C)(=O)=O. The van der Waals surface area contributed by atoms with Gasteiger partial charge in [0.25, 0.3) is 0 Å². The Bertz CT molecular complexity index is 1300. The van der Waals surface area contributed by atoms with E-state index in [1.165, 1.54) is 4.31 Å². The fraction of sp³-hybridized carbons (Fsp3) is 0.517. The Kier molecular flexibility index (Phi) is 10.2. The van der Waals surface area contributed by atoms with Crippen LogP contribution in [0.2, 0.25) is 5.02 Å². The Hall–Kier alpha value is -2.98. The molecule has 2 aromatic carbocycles. The average Bonchev–Trinajstić information content (AvgIpc) is 3.44. The zero-order valence-electron chi connectivity index (χ0n) is 23.1. The van der Waals surface area contributed by atoms with Crippen LogP contribution in [0.15, 0.2) is 42.5 Å². The van der Waals surface area contributed by atoms with E-state index in [4.69, 9.17) is 21.1 Å². The van der Waals surface area contributed by atoms with Gasteiger partial charge in [0.15, 0.2) is 11.5 Å². The summed E-state index contributed by atoms with van der Waals surface area (Å²) in [5.74, 6) is 0.654. The second-order valence-electron chi connectivity index (χ2n) is 10.3. The Morgan fingerprint density at radius 1 is 1.07 bits per heavy atom. The molecule has 1 atom stereocenters. The van der Waals surface area contributed by atoms with Crippen LogP contribution >= 0.6 is 11.6 Å². The van der Waals surface area contributed by atoms with Crippen molar-refractivity contribution in [3.05, 3.63) is 53.1 Å². The molecule has 1 aliphatic carbocycles. The minimum atomic E-state index is -3.63. The van der Waals surface area contributed by atoms with Crippen molar-refractivity contribution in [3.63, 3.8) is 0 Å². The number of nitrogens with one attached hydrogen (secondary N) is 1. The maximum absolute atomic E-state index is 13.7. The van der Waals surface area contributed by atoms with E-state index < -0.39 is 16.1 Å². The molecule has 218 valence electrons. The number of carbonyl (C=O) groups excluding carboxylic acids is 2. The normalized spacial score (nSPS) is 15.9. The molecule has 0 bridgehead atoms. The lowest BCUT2D eigenvalue weighted by atomic mass is 10.1. The monoisotopic (exact) mass is 591 g/mol. The van der Waals surface area contributed by atoms with Crippen LogP contribution in [-0.2, 0) is 26.2 Å². The number of hydrogen-bond acceptors (Lipinski definition) is 6. The van der Waals surface area contributed by atoms with Crippen LogP contribution in [0.4, 0.5) is 5.69 Å². The number of nitrogens with zero attached hydrogens (tertiary/aromatic N) is 2. The standard InChI is InChI=1S/C29H38ClN3O6S/c1-3-25(29(35)31-22-10-5-6-11-22)32(20-21-9-4-7-12-24(21)30)28(34)13-8-16-33(40(2,36)37)23-14-15-26-27(19-23)39-18-17-38-26/h4,7,9,12,14-15,19,22,25H,3,5-6,8,10-11,13,16-18,20H2,1-2H3,(H,31,35)/t25-/m0/s1. The summed E-state index contributed by atoms with van der Waals surface area (Å²) in [6, 6.07) is 11.7. The number of halogens is 1. The summed E-state index contributed by atoms with van der Waals surface area (Å²) in [4.78, 5) is 28.6. The topological polar surface area (TPSA) is 105 Å². The molecule has 2 aliphatic rings. The van der Waals surface area contributed by atoms with Gasteiger partial charge in [-0.15, -0.1) is 0 Å². The number of carbonyl (C=O) groups is 2. The molecule has 0 spiro atoms. The van der Waals surface area contributed by atoms with E-state index in [1.54, 1.807) is 29.2 Å². The molecule has 1 fully saturated rings. The smallest absolute Gasteiger partial charge is 0.243 e. The van der Waals surface area contributed by atoms with Crippen LogP contribution < -0.4 is 19.1 Å². The van der Waals surface area contributed by atoms with Crippen LogP contribution in [0.25, 0.3) is 0 Å². The van der Waals surface area contributed by atoms with Crippen molar-refractivity contribution in [3.8, 4) is 11.5 Å². The number of fused-ring (bicyclic) bond motifs is 1. The van der Waals surface area contributed by atoms with Crippen molar-refractivity contribution in [1.29, 1.82) is 0 Å². The second kappa shape index (κ2) is 13.6. The highest BCUT2D eigenvalue weighted by Crippen LogP contribution is 2.35. The van der Waals surface area contributed by atoms with Gasteiger partial charge in [0.1, 0.15) is 19.3 Å². The third-order valence-corrected chi connectivity index (χ3v) is 8.91. The molecule has 1 aliphatic heterocycles. The highest BCUT2D eigenvalue weighted by molar-refractivity contribution is 7.92. The molecule has 4 rings (SSSR count). The first kappa shape index (κ1) is 30.0. The zero-order valence-corrected chi connectivity index (χ0v) is 24.7. The van der Waals surface area contributed by atoms with Gasteiger partial charge >= 0.3 is 0 Å². The molecule has 0 aromatic heterocycles. The fourth-order valence-corrected chi connectivity index (χ4v) is 6.44. The van der Waals surface area contributed by atoms with E-state index in [2.05, 4.69) is 5.32 Å². The van der Waals surface area contributed by atoms with Gasteiger partial charge in [0.2, 0.25) is 21.8 Å². The van der Waals surface area contributed by atoms with Crippen molar-refractivity contribution in [1.82, 2.24) is 10.2 Å². The average molecular weight is 592 g/mol. The summed E-state index contributed by atoms with van der Waals surface area (Å²) in [7, 11) is -3.63. The van der Waals surface area contributed by atoms with Gasteiger partial charge in [-0.2, -0.15) is 0 Å². The zero-order chi connectivity index (χ0) is 28.7. The summed E-state index contributed by atoms with van der Waals surface area (Å²) in [6.07, 6.45) is 5.98. The van der Waals surface area contributed by atoms with Gasteiger partial charge in [-0.3, -0.25) is 13.9 Å². The molecule has 0 unspecified atom stereocenters. The maximum atomic E-state index is 13.7. The first-order chi connectivity index (χ1) is 19.2. The molecule has 0 saturated heterocycles. The van der Waals surface area contributed by atoms with Crippen LogP contribution in [0, 0.1) is 0 Å². The van der Waals surface area contributed by atoms with E-state index in [1.807, 2.05) is 25.1 Å². The highest BCUT2D eigenvalue weighted by Gasteiger charge is 2.31. The number of hydrogen-bond donors (Lipinski definition) is 1. The molecular weight excluding hydrogens is 554 g/mol. The number of anilines is 1. The van der Waals surface area contributed by atoms with E-state index in [0.717, 1.165) is 37.5 Å². The van der Waals surface area contributed by atoms with Crippen LogP contribution in [0.1, 0.15) is 57.4 Å². The predicted octanol–water partition coefficient (Wildman–Crippen LogP) is 4.52. The number of ether oxygens (including phenoxy) is 2. The summed E-state index contributed by atoms with van der Waals surface area (Å²) >= 11 is 6.42. The highest BCUT2D eigenvalue weighted by atomic mass is 35.5. The molecule has 1 saturated carbocycles.